The van der Waals surface area contributed by atoms with Crippen molar-refractivity contribution < 1.29 is 31.2 Å². The number of carbonyl (C=O) groups excluding carboxylic acids is 1. The van der Waals surface area contributed by atoms with Crippen LogP contribution in [-0.2, 0) is 24.1 Å². The van der Waals surface area contributed by atoms with Crippen molar-refractivity contribution in [3.63, 3.8) is 0 Å². The summed E-state index contributed by atoms with van der Waals surface area (Å²) in [4.78, 5) is 10.8. The Hall–Kier alpha value is -0.960. The van der Waals surface area contributed by atoms with Crippen molar-refractivity contribution in [2.24, 2.45) is 0 Å². The number of hydrogen-bond acceptors (Lipinski definition) is 6. The molecular formula is C11H23NO6S. The zero-order chi connectivity index (χ0) is 15.7. The van der Waals surface area contributed by atoms with Gasteiger partial charge in [-0.2, -0.15) is 0 Å². The van der Waals surface area contributed by atoms with Crippen LogP contribution in [0, 0.1) is 0 Å². The van der Waals surface area contributed by atoms with E-state index in [-0.39, 0.29) is 18.8 Å². The van der Waals surface area contributed by atoms with E-state index in [1.807, 2.05) is 21.0 Å². The van der Waals surface area contributed by atoms with Crippen molar-refractivity contribution in [1.82, 2.24) is 0 Å². The number of esters is 1. The predicted molar refractivity (Wildman–Crippen MR) is 69.7 cm³/mol. The first-order valence-corrected chi connectivity index (χ1v) is 7.09. The van der Waals surface area contributed by atoms with Crippen LogP contribution in [0.4, 0.5) is 0 Å². The van der Waals surface area contributed by atoms with Gasteiger partial charge in [-0.05, 0) is 13.8 Å². The number of quaternary nitrogens is 1. The van der Waals surface area contributed by atoms with Gasteiger partial charge in [0.1, 0.15) is 0 Å². The molecule has 1 unspecified atom stereocenters. The first kappa shape index (κ1) is 20.4. The molecule has 0 amide bonds. The summed E-state index contributed by atoms with van der Waals surface area (Å²) in [5.74, 6) is -0.359. The fourth-order valence-electron chi connectivity index (χ4n) is 0.760. The van der Waals surface area contributed by atoms with Gasteiger partial charge >= 0.3 is 5.97 Å². The Morgan fingerprint density at radius 2 is 1.89 bits per heavy atom. The molecule has 0 aromatic rings. The smallest absolute Gasteiger partial charge is 0.334 e. The Morgan fingerprint density at radius 3 is 2.11 bits per heavy atom. The Balaban J connectivity index is 0. The maximum absolute atomic E-state index is 10.8. The van der Waals surface area contributed by atoms with Gasteiger partial charge in [0.15, 0.2) is 0 Å². The van der Waals surface area contributed by atoms with Crippen molar-refractivity contribution in [1.29, 1.82) is 0 Å². The molecule has 0 fully saturated rings. The second-order valence-corrected chi connectivity index (χ2v) is 5.20. The lowest BCUT2D eigenvalue weighted by Crippen LogP contribution is -2.49. The minimum atomic E-state index is -4.42. The lowest BCUT2D eigenvalue weighted by atomic mass is 10.4. The van der Waals surface area contributed by atoms with Gasteiger partial charge in [0.2, 0.25) is 16.6 Å². The van der Waals surface area contributed by atoms with Gasteiger partial charge in [-0.3, -0.25) is 8.67 Å². The van der Waals surface area contributed by atoms with Crippen LogP contribution in [0.2, 0.25) is 0 Å². The van der Waals surface area contributed by atoms with Gasteiger partial charge in [-0.25, -0.2) is 13.2 Å². The van der Waals surface area contributed by atoms with Gasteiger partial charge in [0, 0.05) is 13.0 Å². The Bertz CT molecular complexity index is 377. The highest BCUT2D eigenvalue weighted by molar-refractivity contribution is 7.80. The summed E-state index contributed by atoms with van der Waals surface area (Å²) in [6, 6.07) is 0. The third-order valence-corrected chi connectivity index (χ3v) is 3.04. The third kappa shape index (κ3) is 11.8. The molecule has 0 radical (unpaired) electrons. The maximum atomic E-state index is 10.8. The van der Waals surface area contributed by atoms with Crippen LogP contribution in [0.3, 0.4) is 0 Å². The highest BCUT2D eigenvalue weighted by Gasteiger charge is 2.24. The standard InChI is InChI=1S/C9H18NO2.C2H6O4S/c1-6-9(11)12-8(3)10(4,5)7-2;1-2-6-7(3,4)5/h6,8H,1,7H2,2-5H3;2H2,1H3,(H,3,4,5)/q+1;/p-1. The summed E-state index contributed by atoms with van der Waals surface area (Å²) in [6.07, 6.45) is 1.06. The van der Waals surface area contributed by atoms with E-state index in [0.29, 0.717) is 4.48 Å². The highest BCUT2D eigenvalue weighted by atomic mass is 32.3. The van der Waals surface area contributed by atoms with E-state index < -0.39 is 10.4 Å². The van der Waals surface area contributed by atoms with Crippen molar-refractivity contribution >= 4 is 16.4 Å². The largest absolute Gasteiger partial charge is 0.726 e. The van der Waals surface area contributed by atoms with Crippen LogP contribution in [-0.4, -0.2) is 56.9 Å². The fourth-order valence-corrected chi connectivity index (χ4v) is 1.05. The quantitative estimate of drug-likeness (QED) is 0.178. The van der Waals surface area contributed by atoms with Crippen LogP contribution in [0.5, 0.6) is 0 Å². The average Bonchev–Trinajstić information content (AvgIpc) is 2.27. The summed E-state index contributed by atoms with van der Waals surface area (Å²) in [6.45, 7) is 9.53. The Morgan fingerprint density at radius 1 is 1.42 bits per heavy atom. The highest BCUT2D eigenvalue weighted by Crippen LogP contribution is 2.07. The van der Waals surface area contributed by atoms with Crippen molar-refractivity contribution in [2.45, 2.75) is 27.0 Å². The summed E-state index contributed by atoms with van der Waals surface area (Å²) in [7, 11) is -0.394. The van der Waals surface area contributed by atoms with Crippen molar-refractivity contribution in [2.75, 3.05) is 27.2 Å². The molecular weight excluding hydrogens is 274 g/mol. The number of hydrogen-bond donors (Lipinski definition) is 0. The number of rotatable bonds is 6. The summed E-state index contributed by atoms with van der Waals surface area (Å²) >= 11 is 0. The lowest BCUT2D eigenvalue weighted by Gasteiger charge is -2.33. The van der Waals surface area contributed by atoms with Gasteiger partial charge in [-0.1, -0.05) is 6.58 Å². The molecule has 0 spiro atoms. The molecule has 0 aliphatic heterocycles. The summed E-state index contributed by atoms with van der Waals surface area (Å²) in [5, 5.41) is 0. The van der Waals surface area contributed by atoms with Crippen LogP contribution >= 0.6 is 0 Å². The van der Waals surface area contributed by atoms with Crippen LogP contribution < -0.4 is 0 Å². The first-order valence-electron chi connectivity index (χ1n) is 5.76. The monoisotopic (exact) mass is 297 g/mol. The van der Waals surface area contributed by atoms with Crippen molar-refractivity contribution in [3.8, 4) is 0 Å². The van der Waals surface area contributed by atoms with Gasteiger partial charge in [0.05, 0.1) is 27.2 Å². The molecule has 0 bridgehead atoms. The Kier molecular flexibility index (Phi) is 9.67. The van der Waals surface area contributed by atoms with Crippen LogP contribution in [0.1, 0.15) is 20.8 Å². The second kappa shape index (κ2) is 9.03. The summed E-state index contributed by atoms with van der Waals surface area (Å²) in [5.41, 5.74) is 0. The molecule has 1 atom stereocenters. The lowest BCUT2D eigenvalue weighted by molar-refractivity contribution is -0.931. The molecule has 0 saturated carbocycles. The summed E-state index contributed by atoms with van der Waals surface area (Å²) < 4.78 is 37.7. The predicted octanol–water partition coefficient (Wildman–Crippen LogP) is 0.641. The van der Waals surface area contributed by atoms with E-state index in [9.17, 15) is 17.8 Å². The van der Waals surface area contributed by atoms with Gasteiger partial charge in [-0.15, -0.1) is 0 Å². The molecule has 0 aromatic carbocycles. The topological polar surface area (TPSA) is 92.7 Å². The van der Waals surface area contributed by atoms with E-state index >= 15 is 0 Å². The Labute approximate surface area is 115 Å². The molecule has 0 heterocycles. The minimum Gasteiger partial charge on any atom is -0.726 e. The van der Waals surface area contributed by atoms with E-state index in [0.717, 1.165) is 6.54 Å². The van der Waals surface area contributed by atoms with Crippen LogP contribution in [0.15, 0.2) is 12.7 Å². The van der Waals surface area contributed by atoms with E-state index in [1.165, 1.54) is 13.0 Å². The second-order valence-electron chi connectivity index (χ2n) is 4.15. The molecule has 7 nitrogen and oxygen atoms in total. The SMILES string of the molecule is C=CC(=O)OC(C)[N+](C)(C)CC.CCOS(=O)(=O)[O-]. The van der Waals surface area contributed by atoms with E-state index in [2.05, 4.69) is 17.7 Å². The minimum absolute atomic E-state index is 0.0914. The zero-order valence-corrected chi connectivity index (χ0v) is 12.9. The number of carbonyl (C=O) groups is 1. The molecule has 0 aliphatic rings. The molecule has 0 N–H and O–H groups in total. The van der Waals surface area contributed by atoms with Crippen molar-refractivity contribution in [3.05, 3.63) is 12.7 Å². The first-order chi connectivity index (χ1) is 8.50. The molecule has 8 heteroatoms. The third-order valence-electron chi connectivity index (χ3n) is 2.51. The molecule has 0 aromatic heterocycles. The van der Waals surface area contributed by atoms with Gasteiger partial charge in [0.25, 0.3) is 0 Å². The normalized spacial score (nSPS) is 12.9. The van der Waals surface area contributed by atoms with Gasteiger partial charge < -0.3 is 9.29 Å². The molecule has 19 heavy (non-hydrogen) atoms. The average molecular weight is 297 g/mol. The fraction of sp³-hybridized carbons (Fsp3) is 0.727. The number of nitrogens with zero attached hydrogens (tertiary/aromatic N) is 1. The molecule has 0 aliphatic carbocycles. The molecule has 0 rings (SSSR count). The molecule has 114 valence electrons. The molecule has 0 saturated heterocycles. The zero-order valence-electron chi connectivity index (χ0n) is 12.1. The van der Waals surface area contributed by atoms with Crippen LogP contribution in [0.25, 0.3) is 0 Å². The maximum Gasteiger partial charge on any atom is 0.334 e. The van der Waals surface area contributed by atoms with E-state index in [4.69, 9.17) is 4.74 Å². The van der Waals surface area contributed by atoms with E-state index in [1.54, 1.807) is 0 Å². The number of ether oxygens (including phenoxy) is 1.